The standard InChI is InChI=1S/C13H15ClN2S/c1-10-15-12(9-17-10)8-16(2)13-6-4-3-5-11(13)7-14/h3-6,9H,7-8H2,1-2H3. The maximum absolute atomic E-state index is 5.94. The SMILES string of the molecule is Cc1nc(CN(C)c2ccccc2CCl)cs1. The molecule has 17 heavy (non-hydrogen) atoms. The molecule has 0 aliphatic rings. The van der Waals surface area contributed by atoms with E-state index >= 15 is 0 Å². The van der Waals surface area contributed by atoms with Crippen LogP contribution in [-0.4, -0.2) is 12.0 Å². The van der Waals surface area contributed by atoms with Crippen LogP contribution >= 0.6 is 22.9 Å². The van der Waals surface area contributed by atoms with Gasteiger partial charge in [0.1, 0.15) is 0 Å². The second-order valence-corrected chi connectivity index (χ2v) is 5.31. The van der Waals surface area contributed by atoms with E-state index in [-0.39, 0.29) is 0 Å². The Bertz CT molecular complexity index is 496. The molecule has 0 amide bonds. The fourth-order valence-electron chi connectivity index (χ4n) is 1.81. The van der Waals surface area contributed by atoms with Crippen LogP contribution in [-0.2, 0) is 12.4 Å². The van der Waals surface area contributed by atoms with E-state index in [0.717, 1.165) is 22.8 Å². The van der Waals surface area contributed by atoms with Crippen LogP contribution in [0.5, 0.6) is 0 Å². The van der Waals surface area contributed by atoms with Crippen LogP contribution in [0.2, 0.25) is 0 Å². The van der Waals surface area contributed by atoms with Crippen molar-refractivity contribution in [1.29, 1.82) is 0 Å². The molecule has 0 N–H and O–H groups in total. The molecule has 0 saturated heterocycles. The van der Waals surface area contributed by atoms with Gasteiger partial charge in [-0.15, -0.1) is 22.9 Å². The molecule has 0 radical (unpaired) electrons. The number of halogens is 1. The number of alkyl halides is 1. The molecule has 0 atom stereocenters. The van der Waals surface area contributed by atoms with E-state index in [2.05, 4.69) is 34.4 Å². The Morgan fingerprint density at radius 3 is 2.76 bits per heavy atom. The Morgan fingerprint density at radius 1 is 1.35 bits per heavy atom. The van der Waals surface area contributed by atoms with Crippen molar-refractivity contribution in [3.8, 4) is 0 Å². The molecule has 1 heterocycles. The van der Waals surface area contributed by atoms with Gasteiger partial charge in [0.25, 0.3) is 0 Å². The van der Waals surface area contributed by atoms with Gasteiger partial charge in [0.2, 0.25) is 0 Å². The minimum Gasteiger partial charge on any atom is -0.368 e. The molecule has 2 nitrogen and oxygen atoms in total. The number of benzene rings is 1. The van der Waals surface area contributed by atoms with Crippen LogP contribution in [0.15, 0.2) is 29.6 Å². The highest BCUT2D eigenvalue weighted by atomic mass is 35.5. The van der Waals surface area contributed by atoms with Crippen molar-refractivity contribution in [3.05, 3.63) is 45.9 Å². The number of aryl methyl sites for hydroxylation is 1. The molecule has 1 aromatic carbocycles. The molecule has 0 fully saturated rings. The number of hydrogen-bond donors (Lipinski definition) is 0. The molecule has 0 aliphatic carbocycles. The topological polar surface area (TPSA) is 16.1 Å². The van der Waals surface area contributed by atoms with Gasteiger partial charge in [-0.05, 0) is 18.6 Å². The van der Waals surface area contributed by atoms with E-state index in [1.807, 2.05) is 19.1 Å². The van der Waals surface area contributed by atoms with E-state index in [1.165, 1.54) is 5.69 Å². The van der Waals surface area contributed by atoms with E-state index < -0.39 is 0 Å². The van der Waals surface area contributed by atoms with Crippen LogP contribution in [0.3, 0.4) is 0 Å². The summed E-state index contributed by atoms with van der Waals surface area (Å²) in [6, 6.07) is 8.21. The zero-order valence-electron chi connectivity index (χ0n) is 9.98. The molecule has 0 saturated carbocycles. The van der Waals surface area contributed by atoms with Crippen molar-refractivity contribution in [1.82, 2.24) is 4.98 Å². The highest BCUT2D eigenvalue weighted by molar-refractivity contribution is 7.09. The van der Waals surface area contributed by atoms with E-state index in [9.17, 15) is 0 Å². The van der Waals surface area contributed by atoms with Gasteiger partial charge < -0.3 is 4.90 Å². The number of hydrogen-bond acceptors (Lipinski definition) is 3. The minimum absolute atomic E-state index is 0.538. The molecule has 2 rings (SSSR count). The second-order valence-electron chi connectivity index (χ2n) is 3.98. The third-order valence-corrected chi connectivity index (χ3v) is 3.72. The monoisotopic (exact) mass is 266 g/mol. The summed E-state index contributed by atoms with van der Waals surface area (Å²) in [5.74, 6) is 0.538. The first kappa shape index (κ1) is 12.4. The minimum atomic E-state index is 0.538. The van der Waals surface area contributed by atoms with Gasteiger partial charge in [0.15, 0.2) is 0 Å². The number of aromatic nitrogens is 1. The normalized spacial score (nSPS) is 10.5. The number of para-hydroxylation sites is 1. The summed E-state index contributed by atoms with van der Waals surface area (Å²) in [4.78, 5) is 6.66. The maximum atomic E-state index is 5.94. The quantitative estimate of drug-likeness (QED) is 0.782. The summed E-state index contributed by atoms with van der Waals surface area (Å²) in [6.45, 7) is 2.85. The highest BCUT2D eigenvalue weighted by Crippen LogP contribution is 2.22. The lowest BCUT2D eigenvalue weighted by atomic mass is 10.2. The number of anilines is 1. The summed E-state index contributed by atoms with van der Waals surface area (Å²) >= 11 is 7.63. The maximum Gasteiger partial charge on any atom is 0.0898 e. The number of nitrogens with zero attached hydrogens (tertiary/aromatic N) is 2. The van der Waals surface area contributed by atoms with Crippen molar-refractivity contribution < 1.29 is 0 Å². The molecule has 1 aromatic heterocycles. The third kappa shape index (κ3) is 2.99. The Morgan fingerprint density at radius 2 is 2.12 bits per heavy atom. The van der Waals surface area contributed by atoms with Gasteiger partial charge in [-0.2, -0.15) is 0 Å². The Labute approximate surface area is 111 Å². The fourth-order valence-corrected chi connectivity index (χ4v) is 2.64. The first-order valence-corrected chi connectivity index (χ1v) is 6.88. The van der Waals surface area contributed by atoms with Gasteiger partial charge in [-0.1, -0.05) is 18.2 Å². The average Bonchev–Trinajstić information content (AvgIpc) is 2.74. The van der Waals surface area contributed by atoms with Crippen molar-refractivity contribution in [2.75, 3.05) is 11.9 Å². The van der Waals surface area contributed by atoms with Crippen LogP contribution in [0.4, 0.5) is 5.69 Å². The molecule has 0 bridgehead atoms. The first-order valence-electron chi connectivity index (χ1n) is 5.46. The summed E-state index contributed by atoms with van der Waals surface area (Å²) in [5.41, 5.74) is 3.44. The Balaban J connectivity index is 2.16. The van der Waals surface area contributed by atoms with Crippen molar-refractivity contribution in [3.63, 3.8) is 0 Å². The van der Waals surface area contributed by atoms with Gasteiger partial charge in [-0.3, -0.25) is 0 Å². The lowest BCUT2D eigenvalue weighted by molar-refractivity contribution is 0.885. The van der Waals surface area contributed by atoms with E-state index in [1.54, 1.807) is 11.3 Å². The van der Waals surface area contributed by atoms with E-state index in [4.69, 9.17) is 11.6 Å². The van der Waals surface area contributed by atoms with Gasteiger partial charge in [0, 0.05) is 24.0 Å². The van der Waals surface area contributed by atoms with Crippen molar-refractivity contribution in [2.24, 2.45) is 0 Å². The molecule has 4 heteroatoms. The Kier molecular flexibility index (Phi) is 4.02. The van der Waals surface area contributed by atoms with Gasteiger partial charge in [-0.25, -0.2) is 4.98 Å². The zero-order valence-corrected chi connectivity index (χ0v) is 11.6. The number of rotatable bonds is 4. The van der Waals surface area contributed by atoms with Gasteiger partial charge >= 0.3 is 0 Å². The average molecular weight is 267 g/mol. The molecule has 0 spiro atoms. The summed E-state index contributed by atoms with van der Waals surface area (Å²) in [5, 5.41) is 3.22. The zero-order chi connectivity index (χ0) is 12.3. The summed E-state index contributed by atoms with van der Waals surface area (Å²) in [7, 11) is 2.07. The molecule has 0 aliphatic heterocycles. The summed E-state index contributed by atoms with van der Waals surface area (Å²) in [6.07, 6.45) is 0. The lowest BCUT2D eigenvalue weighted by Crippen LogP contribution is -2.17. The van der Waals surface area contributed by atoms with Crippen LogP contribution in [0.1, 0.15) is 16.3 Å². The molecule has 0 unspecified atom stereocenters. The highest BCUT2D eigenvalue weighted by Gasteiger charge is 2.08. The predicted octanol–water partition coefficient (Wildman–Crippen LogP) is 3.83. The smallest absolute Gasteiger partial charge is 0.0898 e. The lowest BCUT2D eigenvalue weighted by Gasteiger charge is -2.20. The molecular formula is C13H15ClN2S. The van der Waals surface area contributed by atoms with Crippen LogP contribution < -0.4 is 4.90 Å². The molecule has 90 valence electrons. The largest absolute Gasteiger partial charge is 0.368 e. The summed E-state index contributed by atoms with van der Waals surface area (Å²) < 4.78 is 0. The third-order valence-electron chi connectivity index (χ3n) is 2.61. The van der Waals surface area contributed by atoms with E-state index in [0.29, 0.717) is 5.88 Å². The molecular weight excluding hydrogens is 252 g/mol. The Hall–Kier alpha value is -1.06. The number of thiazole rings is 1. The van der Waals surface area contributed by atoms with Crippen molar-refractivity contribution >= 4 is 28.6 Å². The van der Waals surface area contributed by atoms with Crippen molar-refractivity contribution in [2.45, 2.75) is 19.3 Å². The van der Waals surface area contributed by atoms with Gasteiger partial charge in [0.05, 0.1) is 17.2 Å². The molecule has 2 aromatic rings. The van der Waals surface area contributed by atoms with Crippen LogP contribution in [0.25, 0.3) is 0 Å². The second kappa shape index (κ2) is 5.52. The first-order chi connectivity index (χ1) is 8.20. The predicted molar refractivity (Wildman–Crippen MR) is 75.0 cm³/mol. The fraction of sp³-hybridized carbons (Fsp3) is 0.308. The van der Waals surface area contributed by atoms with Crippen LogP contribution in [0, 0.1) is 6.92 Å².